The number of aliphatic hydroxyl groups excluding tert-OH is 1. The number of amides is 2. The van der Waals surface area contributed by atoms with Crippen LogP contribution in [0.15, 0.2) is 40.4 Å². The van der Waals surface area contributed by atoms with E-state index in [2.05, 4.69) is 31.4 Å². The number of carbonyl (C=O) groups is 2. The van der Waals surface area contributed by atoms with Crippen molar-refractivity contribution in [2.45, 2.75) is 58.2 Å². The highest BCUT2D eigenvalue weighted by Gasteiger charge is 2.43. The Morgan fingerprint density at radius 3 is 2.66 bits per heavy atom. The summed E-state index contributed by atoms with van der Waals surface area (Å²) in [6.07, 6.45) is -0.610. The fourth-order valence-corrected chi connectivity index (χ4v) is 5.72. The number of halogens is 1. The zero-order valence-corrected chi connectivity index (χ0v) is 24.3. The van der Waals surface area contributed by atoms with Crippen molar-refractivity contribution in [1.82, 2.24) is 20.4 Å². The lowest BCUT2D eigenvalue weighted by Crippen LogP contribution is -2.48. The van der Waals surface area contributed by atoms with Crippen LogP contribution in [-0.2, 0) is 9.59 Å². The quantitative estimate of drug-likeness (QED) is 0.328. The van der Waals surface area contributed by atoms with Gasteiger partial charge in [-0.1, -0.05) is 54.0 Å². The fourth-order valence-electron chi connectivity index (χ4n) is 4.74. The van der Waals surface area contributed by atoms with E-state index in [0.29, 0.717) is 23.6 Å². The van der Waals surface area contributed by atoms with Gasteiger partial charge in [-0.25, -0.2) is 4.98 Å². The summed E-state index contributed by atoms with van der Waals surface area (Å²) < 4.78 is 10.9. The van der Waals surface area contributed by atoms with E-state index >= 15 is 0 Å². The molecule has 38 heavy (non-hydrogen) atoms. The van der Waals surface area contributed by atoms with Crippen LogP contribution >= 0.6 is 27.3 Å². The molecule has 1 aliphatic heterocycles. The molecule has 9 nitrogen and oxygen atoms in total. The van der Waals surface area contributed by atoms with Crippen LogP contribution in [0.25, 0.3) is 10.4 Å². The van der Waals surface area contributed by atoms with Gasteiger partial charge in [0.15, 0.2) is 5.76 Å². The number of alkyl halides is 1. The van der Waals surface area contributed by atoms with Crippen LogP contribution in [0.3, 0.4) is 0 Å². The second kappa shape index (κ2) is 12.4. The van der Waals surface area contributed by atoms with Gasteiger partial charge in [-0.2, -0.15) is 0 Å². The summed E-state index contributed by atoms with van der Waals surface area (Å²) in [6.45, 7) is 8.20. The first-order valence-electron chi connectivity index (χ1n) is 12.6. The van der Waals surface area contributed by atoms with Crippen molar-refractivity contribution >= 4 is 39.1 Å². The molecule has 0 unspecified atom stereocenters. The number of benzene rings is 1. The van der Waals surface area contributed by atoms with Crippen LogP contribution in [0.5, 0.6) is 5.88 Å². The smallest absolute Gasteiger partial charge is 0.254 e. The maximum absolute atomic E-state index is 13.7. The molecule has 3 heterocycles. The molecule has 1 fully saturated rings. The third kappa shape index (κ3) is 6.27. The first-order valence-corrected chi connectivity index (χ1v) is 14.6. The average molecular weight is 606 g/mol. The standard InChI is InChI=1S/C27H33BrN4O5S/c1-15(2)24(22-12-23(31-37-22)36-10-9-28)27(35)32-13-20(33)11-21(32)26(34)30-16(3)18-5-7-19(8-6-18)25-17(4)29-14-38-25/h5-8,12,14-16,20-21,24,33H,9-11,13H2,1-4H3,(H,30,34)/t16-,20+,21-,24+/m0/s1. The molecule has 204 valence electrons. The number of hydrogen-bond donors (Lipinski definition) is 2. The minimum absolute atomic E-state index is 0.0818. The number of carbonyl (C=O) groups excluding carboxylic acids is 2. The van der Waals surface area contributed by atoms with Crippen LogP contribution in [0.4, 0.5) is 0 Å². The van der Waals surface area contributed by atoms with E-state index in [4.69, 9.17) is 9.26 Å². The predicted molar refractivity (Wildman–Crippen MR) is 148 cm³/mol. The number of likely N-dealkylation sites (tertiary alicyclic amines) is 1. The Morgan fingerprint density at radius 2 is 2.03 bits per heavy atom. The number of thiazole rings is 1. The number of aromatic nitrogens is 2. The maximum atomic E-state index is 13.7. The molecule has 1 aliphatic rings. The molecule has 0 spiro atoms. The van der Waals surface area contributed by atoms with E-state index < -0.39 is 18.1 Å². The number of rotatable bonds is 10. The normalized spacial score (nSPS) is 19.0. The number of ether oxygens (including phenoxy) is 1. The molecule has 2 aromatic heterocycles. The van der Waals surface area contributed by atoms with Gasteiger partial charge >= 0.3 is 0 Å². The second-order valence-corrected chi connectivity index (χ2v) is 11.5. The van der Waals surface area contributed by atoms with E-state index in [0.717, 1.165) is 21.7 Å². The zero-order chi connectivity index (χ0) is 27.4. The number of hydrogen-bond acceptors (Lipinski definition) is 8. The lowest BCUT2D eigenvalue weighted by atomic mass is 9.91. The topological polar surface area (TPSA) is 118 Å². The van der Waals surface area contributed by atoms with Crippen molar-refractivity contribution in [2.24, 2.45) is 5.92 Å². The number of β-amino-alcohol motifs (C(OH)–C–C–N with tert-alkyl or cyclic N) is 1. The average Bonchev–Trinajstić information content (AvgIpc) is 3.62. The highest BCUT2D eigenvalue weighted by molar-refractivity contribution is 9.09. The van der Waals surface area contributed by atoms with Crippen LogP contribution in [0, 0.1) is 12.8 Å². The molecule has 0 radical (unpaired) electrons. The van der Waals surface area contributed by atoms with E-state index in [1.54, 1.807) is 17.4 Å². The molecule has 2 N–H and O–H groups in total. The van der Waals surface area contributed by atoms with E-state index in [1.807, 2.05) is 57.5 Å². The number of aryl methyl sites for hydroxylation is 1. The molecular formula is C27H33BrN4O5S. The third-order valence-electron chi connectivity index (χ3n) is 6.71. The van der Waals surface area contributed by atoms with Crippen LogP contribution in [-0.4, -0.2) is 62.6 Å². The lowest BCUT2D eigenvalue weighted by Gasteiger charge is -2.29. The van der Waals surface area contributed by atoms with Gasteiger partial charge < -0.3 is 24.6 Å². The van der Waals surface area contributed by atoms with Crippen molar-refractivity contribution < 1.29 is 24.0 Å². The Kier molecular flexibility index (Phi) is 9.22. The molecule has 11 heteroatoms. The predicted octanol–water partition coefficient (Wildman–Crippen LogP) is 4.46. The van der Waals surface area contributed by atoms with Gasteiger partial charge in [-0.15, -0.1) is 11.3 Å². The van der Waals surface area contributed by atoms with Crippen molar-refractivity contribution in [3.8, 4) is 16.3 Å². The third-order valence-corrected chi connectivity index (χ3v) is 8.02. The molecule has 4 atom stereocenters. The number of nitrogens with one attached hydrogen (secondary N) is 1. The first kappa shape index (κ1) is 28.3. The SMILES string of the molecule is Cc1ncsc1-c1ccc([C@H](C)NC(=O)[C@@H]2C[C@@H](O)CN2C(=O)[C@@H](c2cc(OCCBr)no2)C(C)C)cc1. The Bertz CT molecular complexity index is 1240. The summed E-state index contributed by atoms with van der Waals surface area (Å²) in [7, 11) is 0. The molecule has 0 aliphatic carbocycles. The molecule has 2 amide bonds. The Hall–Kier alpha value is -2.76. The first-order chi connectivity index (χ1) is 18.2. The van der Waals surface area contributed by atoms with Crippen molar-refractivity contribution in [2.75, 3.05) is 18.5 Å². The van der Waals surface area contributed by atoms with E-state index in [9.17, 15) is 14.7 Å². The van der Waals surface area contributed by atoms with Gasteiger partial charge in [0.25, 0.3) is 5.88 Å². The minimum Gasteiger partial charge on any atom is -0.475 e. The van der Waals surface area contributed by atoms with Crippen molar-refractivity contribution in [3.63, 3.8) is 0 Å². The van der Waals surface area contributed by atoms with Crippen molar-refractivity contribution in [1.29, 1.82) is 0 Å². The summed E-state index contributed by atoms with van der Waals surface area (Å²) in [6, 6.07) is 8.57. The number of aliphatic hydroxyl groups is 1. The molecular weight excluding hydrogens is 572 g/mol. The second-order valence-electron chi connectivity index (χ2n) is 9.84. The number of nitrogens with zero attached hydrogens (tertiary/aromatic N) is 3. The van der Waals surface area contributed by atoms with Gasteiger partial charge in [0.05, 0.1) is 34.8 Å². The lowest BCUT2D eigenvalue weighted by molar-refractivity contribution is -0.141. The Labute approximate surface area is 234 Å². The molecule has 4 rings (SSSR count). The summed E-state index contributed by atoms with van der Waals surface area (Å²) in [5.41, 5.74) is 4.84. The molecule has 3 aromatic rings. The fraction of sp³-hybridized carbons (Fsp3) is 0.481. The Balaban J connectivity index is 1.46. The largest absolute Gasteiger partial charge is 0.475 e. The molecule has 0 bridgehead atoms. The van der Waals surface area contributed by atoms with Crippen LogP contribution in [0.2, 0.25) is 0 Å². The summed E-state index contributed by atoms with van der Waals surface area (Å²) in [4.78, 5) is 34.0. The summed E-state index contributed by atoms with van der Waals surface area (Å²) >= 11 is 4.89. The molecule has 1 aromatic carbocycles. The van der Waals surface area contributed by atoms with Crippen LogP contribution < -0.4 is 10.1 Å². The molecule has 0 saturated carbocycles. The van der Waals surface area contributed by atoms with Crippen molar-refractivity contribution in [3.05, 3.63) is 52.9 Å². The van der Waals surface area contributed by atoms with Gasteiger partial charge in [0.1, 0.15) is 12.0 Å². The highest BCUT2D eigenvalue weighted by Crippen LogP contribution is 2.33. The van der Waals surface area contributed by atoms with E-state index in [-0.39, 0.29) is 36.7 Å². The Morgan fingerprint density at radius 1 is 1.29 bits per heavy atom. The van der Waals surface area contributed by atoms with Gasteiger partial charge in [-0.05, 0) is 36.0 Å². The maximum Gasteiger partial charge on any atom is 0.254 e. The molecule has 1 saturated heterocycles. The zero-order valence-electron chi connectivity index (χ0n) is 21.9. The van der Waals surface area contributed by atoms with E-state index in [1.165, 1.54) is 4.90 Å². The van der Waals surface area contributed by atoms with Gasteiger partial charge in [-0.3, -0.25) is 9.59 Å². The summed E-state index contributed by atoms with van der Waals surface area (Å²) in [5.74, 6) is -0.688. The summed E-state index contributed by atoms with van der Waals surface area (Å²) in [5, 5.41) is 18.0. The highest BCUT2D eigenvalue weighted by atomic mass is 79.9. The monoisotopic (exact) mass is 604 g/mol. The van der Waals surface area contributed by atoms with Gasteiger partial charge in [0.2, 0.25) is 11.8 Å². The minimum atomic E-state index is -0.785. The van der Waals surface area contributed by atoms with Crippen LogP contribution in [0.1, 0.15) is 56.2 Å². The van der Waals surface area contributed by atoms with Gasteiger partial charge in [0, 0.05) is 24.4 Å².